The SMILES string of the molecule is CC(C)CCC[C@@H](C)[C@H]1CC[C@H]2[C@@H]3CC=C4C[C@H](P(=O)(c5ccccc5)c5ccccc5)CC[C@]4(C)[C@H]3CC[C@]12C. The molecule has 0 heterocycles. The fourth-order valence-corrected chi connectivity index (χ4v) is 14.2. The molecule has 0 N–H and O–H groups in total. The molecule has 0 unspecified atom stereocenters. The summed E-state index contributed by atoms with van der Waals surface area (Å²) in [4.78, 5) is 0. The van der Waals surface area contributed by atoms with Crippen molar-refractivity contribution < 1.29 is 4.57 Å². The maximum atomic E-state index is 15.2. The third-order valence-corrected chi connectivity index (χ3v) is 16.7. The second-order valence-electron chi connectivity index (χ2n) is 15.5. The molecule has 1 nitrogen and oxygen atoms in total. The van der Waals surface area contributed by atoms with Gasteiger partial charge < -0.3 is 4.57 Å². The standard InChI is InChI=1S/C39H55OP/c1-28(2)13-12-14-29(3)35-21-22-36-34-20-19-30-27-33(23-25-38(30,4)37(34)24-26-39(35,36)5)41(40,31-15-8-6-9-16-31)32-17-10-7-11-18-32/h6-11,15-19,28-29,33-37H,12-14,20-27H2,1-5H3/t29-,33-,34+,35-,36+,37+,38+,39-/m1/s1. The summed E-state index contributed by atoms with van der Waals surface area (Å²) in [6.45, 7) is 12.7. The third kappa shape index (κ3) is 5.05. The molecule has 0 amide bonds. The van der Waals surface area contributed by atoms with Gasteiger partial charge in [-0.1, -0.05) is 126 Å². The van der Waals surface area contributed by atoms with E-state index in [1.807, 2.05) is 0 Å². The van der Waals surface area contributed by atoms with Gasteiger partial charge in [-0.15, -0.1) is 0 Å². The maximum absolute atomic E-state index is 15.2. The molecule has 2 aromatic rings. The van der Waals surface area contributed by atoms with Crippen molar-refractivity contribution in [2.45, 2.75) is 111 Å². The Labute approximate surface area is 251 Å². The zero-order valence-electron chi connectivity index (χ0n) is 26.5. The second-order valence-corrected chi connectivity index (χ2v) is 18.6. The van der Waals surface area contributed by atoms with Crippen LogP contribution < -0.4 is 10.6 Å². The molecule has 4 aliphatic rings. The number of benzene rings is 2. The Morgan fingerprint density at radius 3 is 2.10 bits per heavy atom. The van der Waals surface area contributed by atoms with Crippen LogP contribution in [0.5, 0.6) is 0 Å². The van der Waals surface area contributed by atoms with Gasteiger partial charge in [0.1, 0.15) is 7.14 Å². The summed E-state index contributed by atoms with van der Waals surface area (Å²) in [5, 5.41) is 2.09. The second kappa shape index (κ2) is 11.5. The molecule has 41 heavy (non-hydrogen) atoms. The first-order valence-corrected chi connectivity index (χ1v) is 18.9. The van der Waals surface area contributed by atoms with Crippen LogP contribution in [-0.4, -0.2) is 5.66 Å². The lowest BCUT2D eigenvalue weighted by Crippen LogP contribution is -2.51. The Bertz CT molecular complexity index is 1220. The molecule has 3 saturated carbocycles. The molecule has 0 spiro atoms. The summed E-state index contributed by atoms with van der Waals surface area (Å²) < 4.78 is 15.2. The van der Waals surface area contributed by atoms with E-state index in [4.69, 9.17) is 0 Å². The average molecular weight is 571 g/mol. The first-order chi connectivity index (χ1) is 19.7. The molecule has 0 radical (unpaired) electrons. The van der Waals surface area contributed by atoms with Gasteiger partial charge in [-0.2, -0.15) is 0 Å². The average Bonchev–Trinajstić information content (AvgIpc) is 3.34. The lowest BCUT2D eigenvalue weighted by atomic mass is 9.47. The number of hydrogen-bond donors (Lipinski definition) is 0. The lowest BCUT2D eigenvalue weighted by molar-refractivity contribution is -0.0498. The summed E-state index contributed by atoms with van der Waals surface area (Å²) >= 11 is 0. The highest BCUT2D eigenvalue weighted by atomic mass is 31.2. The largest absolute Gasteiger partial charge is 0.313 e. The van der Waals surface area contributed by atoms with Crippen molar-refractivity contribution in [3.05, 3.63) is 72.3 Å². The Morgan fingerprint density at radius 1 is 0.805 bits per heavy atom. The van der Waals surface area contributed by atoms with Gasteiger partial charge in [-0.3, -0.25) is 0 Å². The van der Waals surface area contributed by atoms with Crippen LogP contribution in [0.2, 0.25) is 0 Å². The van der Waals surface area contributed by atoms with Crippen molar-refractivity contribution in [2.24, 2.45) is 46.3 Å². The Kier molecular flexibility index (Phi) is 8.26. The van der Waals surface area contributed by atoms with Crippen molar-refractivity contribution in [3.63, 3.8) is 0 Å². The molecule has 0 aliphatic heterocycles. The Balaban J connectivity index is 1.24. The van der Waals surface area contributed by atoms with E-state index in [-0.39, 0.29) is 5.66 Å². The molecule has 3 fully saturated rings. The summed E-state index contributed by atoms with van der Waals surface area (Å²) in [7, 11) is -2.73. The predicted molar refractivity (Wildman–Crippen MR) is 177 cm³/mol. The van der Waals surface area contributed by atoms with Crippen LogP contribution in [0.15, 0.2) is 72.3 Å². The molecule has 4 aliphatic carbocycles. The summed E-state index contributed by atoms with van der Waals surface area (Å²) in [5.74, 6) is 5.17. The van der Waals surface area contributed by atoms with E-state index in [1.165, 1.54) is 57.8 Å². The highest BCUT2D eigenvalue weighted by Gasteiger charge is 2.59. The van der Waals surface area contributed by atoms with Gasteiger partial charge in [0.15, 0.2) is 0 Å². The van der Waals surface area contributed by atoms with E-state index >= 15 is 4.57 Å². The van der Waals surface area contributed by atoms with E-state index in [0.717, 1.165) is 59.0 Å². The fraction of sp³-hybridized carbons (Fsp3) is 0.641. The van der Waals surface area contributed by atoms with E-state index in [2.05, 4.69) is 101 Å². The topological polar surface area (TPSA) is 17.1 Å². The molecule has 6 rings (SSSR count). The zero-order chi connectivity index (χ0) is 28.8. The molecular formula is C39H55OP. The van der Waals surface area contributed by atoms with Crippen LogP contribution in [0.3, 0.4) is 0 Å². The first-order valence-electron chi connectivity index (χ1n) is 17.1. The Morgan fingerprint density at radius 2 is 1.46 bits per heavy atom. The number of fused-ring (bicyclic) bond motifs is 5. The molecule has 2 heteroatoms. The van der Waals surface area contributed by atoms with E-state index < -0.39 is 7.14 Å². The quantitative estimate of drug-likeness (QED) is 0.228. The molecular weight excluding hydrogens is 515 g/mol. The number of hydrogen-bond acceptors (Lipinski definition) is 1. The molecule has 2 aromatic carbocycles. The van der Waals surface area contributed by atoms with E-state index in [0.29, 0.717) is 10.8 Å². The van der Waals surface area contributed by atoms with Crippen molar-refractivity contribution in [1.29, 1.82) is 0 Å². The number of allylic oxidation sites excluding steroid dienone is 2. The van der Waals surface area contributed by atoms with Crippen LogP contribution in [0.4, 0.5) is 0 Å². The summed E-state index contributed by atoms with van der Waals surface area (Å²) in [5.41, 5.74) is 2.69. The van der Waals surface area contributed by atoms with Crippen LogP contribution >= 0.6 is 7.14 Å². The maximum Gasteiger partial charge on any atom is 0.146 e. The summed E-state index contributed by atoms with van der Waals surface area (Å²) in [6, 6.07) is 20.9. The molecule has 8 atom stereocenters. The summed E-state index contributed by atoms with van der Waals surface area (Å²) in [6.07, 6.45) is 17.2. The van der Waals surface area contributed by atoms with Gasteiger partial charge in [-0.05, 0) is 97.7 Å². The minimum absolute atomic E-state index is 0.208. The zero-order valence-corrected chi connectivity index (χ0v) is 27.4. The van der Waals surface area contributed by atoms with Crippen molar-refractivity contribution in [3.8, 4) is 0 Å². The fourth-order valence-electron chi connectivity index (χ4n) is 10.8. The molecule has 222 valence electrons. The van der Waals surface area contributed by atoms with Crippen molar-refractivity contribution >= 4 is 17.8 Å². The van der Waals surface area contributed by atoms with Gasteiger partial charge in [0.25, 0.3) is 0 Å². The van der Waals surface area contributed by atoms with E-state index in [1.54, 1.807) is 5.57 Å². The minimum atomic E-state index is -2.73. The first kappa shape index (κ1) is 29.5. The predicted octanol–water partition coefficient (Wildman–Crippen LogP) is 10.4. The Hall–Kier alpha value is -1.59. The van der Waals surface area contributed by atoms with Crippen LogP contribution in [0.1, 0.15) is 105 Å². The highest BCUT2D eigenvalue weighted by Crippen LogP contribution is 2.69. The van der Waals surface area contributed by atoms with E-state index in [9.17, 15) is 0 Å². The lowest BCUT2D eigenvalue weighted by Gasteiger charge is -2.59. The minimum Gasteiger partial charge on any atom is -0.313 e. The van der Waals surface area contributed by atoms with Crippen molar-refractivity contribution in [1.82, 2.24) is 0 Å². The molecule has 0 aromatic heterocycles. The smallest absolute Gasteiger partial charge is 0.146 e. The molecule has 0 saturated heterocycles. The van der Waals surface area contributed by atoms with Gasteiger partial charge in [0, 0.05) is 16.3 Å². The van der Waals surface area contributed by atoms with Crippen LogP contribution in [-0.2, 0) is 4.57 Å². The monoisotopic (exact) mass is 570 g/mol. The van der Waals surface area contributed by atoms with Gasteiger partial charge in [0.05, 0.1) is 0 Å². The normalized spacial score (nSPS) is 35.8. The van der Waals surface area contributed by atoms with Crippen molar-refractivity contribution in [2.75, 3.05) is 0 Å². The van der Waals surface area contributed by atoms with Crippen LogP contribution in [0, 0.1) is 46.3 Å². The molecule has 0 bridgehead atoms. The third-order valence-electron chi connectivity index (χ3n) is 13.1. The van der Waals surface area contributed by atoms with Gasteiger partial charge >= 0.3 is 0 Å². The van der Waals surface area contributed by atoms with Gasteiger partial charge in [-0.25, -0.2) is 0 Å². The number of rotatable bonds is 8. The van der Waals surface area contributed by atoms with Gasteiger partial charge in [0.2, 0.25) is 0 Å². The highest BCUT2D eigenvalue weighted by molar-refractivity contribution is 7.79. The van der Waals surface area contributed by atoms with Crippen LogP contribution in [0.25, 0.3) is 0 Å².